The van der Waals surface area contributed by atoms with Crippen LogP contribution in [0.25, 0.3) is 0 Å². The molecule has 1 aromatic rings. The van der Waals surface area contributed by atoms with Gasteiger partial charge in [-0.25, -0.2) is 0 Å². The third kappa shape index (κ3) is 1.73. The van der Waals surface area contributed by atoms with E-state index in [4.69, 9.17) is 22.9 Å². The molecule has 1 heterocycles. The maximum atomic E-state index is 5.77. The van der Waals surface area contributed by atoms with Crippen LogP contribution in [0.4, 0.5) is 0 Å². The largest absolute Gasteiger partial charge is 0.379 e. The zero-order valence-corrected chi connectivity index (χ0v) is 8.16. The normalized spacial score (nSPS) is 19.7. The quantitative estimate of drug-likeness (QED) is 0.646. The minimum absolute atomic E-state index is 0.222. The summed E-state index contributed by atoms with van der Waals surface area (Å²) in [4.78, 5) is 5.02. The van der Waals surface area contributed by atoms with Crippen LogP contribution in [0, 0.1) is 12.3 Å². The molecule has 3 heteroatoms. The van der Waals surface area contributed by atoms with Crippen molar-refractivity contribution in [3.8, 4) is 12.3 Å². The van der Waals surface area contributed by atoms with Crippen molar-refractivity contribution in [2.24, 2.45) is 5.16 Å². The smallest absolute Gasteiger partial charge is 0.192 e. The monoisotopic (exact) mass is 205 g/mol. The molecule has 2 nitrogen and oxygen atoms in total. The molecular weight excluding hydrogens is 198 g/mol. The molecule has 1 aromatic carbocycles. The van der Waals surface area contributed by atoms with Gasteiger partial charge in [0, 0.05) is 11.4 Å². The molecule has 0 saturated heterocycles. The SMILES string of the molecule is C#C[C@H]1CC(c2ccc(Cl)cc2)=NO1. The van der Waals surface area contributed by atoms with Crippen molar-refractivity contribution in [1.82, 2.24) is 0 Å². The second kappa shape index (κ2) is 3.73. The summed E-state index contributed by atoms with van der Waals surface area (Å²) in [5, 5.41) is 4.63. The lowest BCUT2D eigenvalue weighted by Gasteiger charge is -1.98. The molecule has 0 aromatic heterocycles. The van der Waals surface area contributed by atoms with Gasteiger partial charge >= 0.3 is 0 Å². The van der Waals surface area contributed by atoms with Gasteiger partial charge in [-0.15, -0.1) is 6.42 Å². The van der Waals surface area contributed by atoms with E-state index in [-0.39, 0.29) is 6.10 Å². The van der Waals surface area contributed by atoms with Crippen molar-refractivity contribution in [2.75, 3.05) is 0 Å². The van der Waals surface area contributed by atoms with E-state index in [1.54, 1.807) is 0 Å². The van der Waals surface area contributed by atoms with Crippen molar-refractivity contribution in [3.05, 3.63) is 34.9 Å². The summed E-state index contributed by atoms with van der Waals surface area (Å²) in [6.45, 7) is 0. The van der Waals surface area contributed by atoms with Crippen LogP contribution in [0.1, 0.15) is 12.0 Å². The van der Waals surface area contributed by atoms with Crippen LogP contribution in [-0.4, -0.2) is 11.8 Å². The van der Waals surface area contributed by atoms with Crippen LogP contribution >= 0.6 is 11.6 Å². The number of oxime groups is 1. The van der Waals surface area contributed by atoms with Crippen LogP contribution in [0.5, 0.6) is 0 Å². The van der Waals surface area contributed by atoms with E-state index in [1.807, 2.05) is 24.3 Å². The summed E-state index contributed by atoms with van der Waals surface area (Å²) in [6.07, 6.45) is 5.67. The molecule has 0 N–H and O–H groups in total. The Morgan fingerprint density at radius 3 is 2.71 bits per heavy atom. The van der Waals surface area contributed by atoms with Gasteiger partial charge in [-0.1, -0.05) is 34.8 Å². The fourth-order valence-corrected chi connectivity index (χ4v) is 1.41. The molecule has 0 unspecified atom stereocenters. The van der Waals surface area contributed by atoms with Gasteiger partial charge in [-0.2, -0.15) is 0 Å². The third-order valence-electron chi connectivity index (χ3n) is 2.03. The van der Waals surface area contributed by atoms with Crippen molar-refractivity contribution in [1.29, 1.82) is 0 Å². The van der Waals surface area contributed by atoms with Gasteiger partial charge in [0.1, 0.15) is 0 Å². The lowest BCUT2D eigenvalue weighted by molar-refractivity contribution is 0.126. The maximum Gasteiger partial charge on any atom is 0.192 e. The Bertz CT molecular complexity index is 402. The maximum absolute atomic E-state index is 5.77. The van der Waals surface area contributed by atoms with Crippen LogP contribution in [0.2, 0.25) is 5.02 Å². The molecule has 1 aliphatic heterocycles. The van der Waals surface area contributed by atoms with Crippen LogP contribution < -0.4 is 0 Å². The second-order valence-corrected chi connectivity index (χ2v) is 3.45. The van der Waals surface area contributed by atoms with Crippen LogP contribution in [-0.2, 0) is 4.84 Å². The van der Waals surface area contributed by atoms with Crippen LogP contribution in [0.3, 0.4) is 0 Å². The zero-order chi connectivity index (χ0) is 9.97. The molecule has 0 radical (unpaired) electrons. The Balaban J connectivity index is 2.18. The number of terminal acetylenes is 1. The topological polar surface area (TPSA) is 21.6 Å². The molecule has 2 rings (SSSR count). The molecule has 0 amide bonds. The molecule has 0 bridgehead atoms. The first kappa shape index (κ1) is 9.11. The average Bonchev–Trinajstić information content (AvgIpc) is 2.67. The molecule has 0 aliphatic carbocycles. The van der Waals surface area contributed by atoms with E-state index >= 15 is 0 Å². The van der Waals surface area contributed by atoms with E-state index in [0.29, 0.717) is 11.4 Å². The Labute approximate surface area is 87.5 Å². The predicted molar refractivity (Wildman–Crippen MR) is 56.3 cm³/mol. The Morgan fingerprint density at radius 1 is 1.43 bits per heavy atom. The molecule has 0 fully saturated rings. The van der Waals surface area contributed by atoms with Crippen molar-refractivity contribution >= 4 is 17.3 Å². The summed E-state index contributed by atoms with van der Waals surface area (Å²) in [7, 11) is 0. The molecular formula is C11H8ClNO. The minimum Gasteiger partial charge on any atom is -0.379 e. The summed E-state index contributed by atoms with van der Waals surface area (Å²) in [5.41, 5.74) is 1.89. The standard InChI is InChI=1S/C11H8ClNO/c1-2-10-7-11(13-14-10)8-3-5-9(12)6-4-8/h1,3-6,10H,7H2/t10-/m0/s1. The van der Waals surface area contributed by atoms with Gasteiger partial charge in [0.25, 0.3) is 0 Å². The van der Waals surface area contributed by atoms with Gasteiger partial charge in [0.05, 0.1) is 5.71 Å². The van der Waals surface area contributed by atoms with Gasteiger partial charge in [0.2, 0.25) is 0 Å². The van der Waals surface area contributed by atoms with E-state index < -0.39 is 0 Å². The first-order valence-corrected chi connectivity index (χ1v) is 4.62. The molecule has 14 heavy (non-hydrogen) atoms. The van der Waals surface area contributed by atoms with Crippen LogP contribution in [0.15, 0.2) is 29.4 Å². The summed E-state index contributed by atoms with van der Waals surface area (Å²) in [5.74, 6) is 2.51. The summed E-state index contributed by atoms with van der Waals surface area (Å²) < 4.78 is 0. The highest BCUT2D eigenvalue weighted by Crippen LogP contribution is 2.17. The Hall–Kier alpha value is -1.46. The highest BCUT2D eigenvalue weighted by molar-refractivity contribution is 6.30. The fourth-order valence-electron chi connectivity index (χ4n) is 1.28. The highest BCUT2D eigenvalue weighted by atomic mass is 35.5. The van der Waals surface area contributed by atoms with Gasteiger partial charge in [-0.3, -0.25) is 0 Å². The number of hydrogen-bond donors (Lipinski definition) is 0. The number of hydrogen-bond acceptors (Lipinski definition) is 2. The predicted octanol–water partition coefficient (Wildman–Crippen LogP) is 2.47. The molecule has 1 aliphatic rings. The first-order chi connectivity index (χ1) is 6.79. The third-order valence-corrected chi connectivity index (χ3v) is 2.28. The van der Waals surface area contributed by atoms with E-state index in [0.717, 1.165) is 11.3 Å². The minimum atomic E-state index is -0.222. The van der Waals surface area contributed by atoms with E-state index in [1.165, 1.54) is 0 Å². The zero-order valence-electron chi connectivity index (χ0n) is 7.40. The van der Waals surface area contributed by atoms with E-state index in [9.17, 15) is 0 Å². The van der Waals surface area contributed by atoms with Gasteiger partial charge in [0.15, 0.2) is 6.10 Å². The summed E-state index contributed by atoms with van der Waals surface area (Å²) >= 11 is 5.77. The second-order valence-electron chi connectivity index (χ2n) is 3.01. The van der Waals surface area contributed by atoms with Crippen molar-refractivity contribution in [2.45, 2.75) is 12.5 Å². The Kier molecular flexibility index (Phi) is 2.43. The average molecular weight is 206 g/mol. The fraction of sp³-hybridized carbons (Fsp3) is 0.182. The lowest BCUT2D eigenvalue weighted by Crippen LogP contribution is -2.04. The molecule has 1 atom stereocenters. The number of nitrogens with zero attached hydrogens (tertiary/aromatic N) is 1. The number of benzene rings is 1. The first-order valence-electron chi connectivity index (χ1n) is 4.24. The van der Waals surface area contributed by atoms with Crippen molar-refractivity contribution < 1.29 is 4.84 Å². The van der Waals surface area contributed by atoms with E-state index in [2.05, 4.69) is 11.1 Å². The van der Waals surface area contributed by atoms with Crippen molar-refractivity contribution in [3.63, 3.8) is 0 Å². The molecule has 0 spiro atoms. The number of halogens is 1. The number of rotatable bonds is 1. The molecule has 0 saturated carbocycles. The Morgan fingerprint density at radius 2 is 2.14 bits per heavy atom. The molecule has 70 valence electrons. The van der Waals surface area contributed by atoms with Gasteiger partial charge < -0.3 is 4.84 Å². The highest BCUT2D eigenvalue weighted by Gasteiger charge is 2.19. The lowest BCUT2D eigenvalue weighted by atomic mass is 10.1. The van der Waals surface area contributed by atoms with Gasteiger partial charge in [-0.05, 0) is 17.7 Å². The summed E-state index contributed by atoms with van der Waals surface area (Å²) in [6, 6.07) is 7.46.